The van der Waals surface area contributed by atoms with Crippen LogP contribution >= 0.6 is 12.4 Å². The number of hydrogen-bond acceptors (Lipinski definition) is 0. The van der Waals surface area contributed by atoms with E-state index in [4.69, 9.17) is 6.57 Å². The summed E-state index contributed by atoms with van der Waals surface area (Å²) in [5.41, 5.74) is 0. The third-order valence-corrected chi connectivity index (χ3v) is 0.235. The number of hydrogen-bond donors (Lipinski definition) is 0. The molecule has 0 aromatic rings. The zero-order valence-corrected chi connectivity index (χ0v) is 5.37. The molecule has 42 valence electrons. The standard InChI is InChI=1S/C4H6N.2ClH/c1-3-4-5-2;;/h2-3H,1,4H2;2*1H/q+1;;/p-1. The number of nitrogens with zero attached hydrogens (tertiary/aromatic N) is 1. The first-order chi connectivity index (χ1) is 2.41. The van der Waals surface area contributed by atoms with Gasteiger partial charge in [-0.15, -0.1) is 12.4 Å². The second-order valence-electron chi connectivity index (χ2n) is 0.654. The Hall–Kier alpha value is -0.190. The van der Waals surface area contributed by atoms with Gasteiger partial charge in [-0.05, 0) is 6.08 Å². The van der Waals surface area contributed by atoms with Crippen molar-refractivity contribution < 1.29 is 12.4 Å². The van der Waals surface area contributed by atoms with Gasteiger partial charge >= 0.3 is 0 Å². The van der Waals surface area contributed by atoms with Crippen molar-refractivity contribution in [2.45, 2.75) is 0 Å². The molecule has 0 heterocycles. The molecule has 3 heteroatoms. The van der Waals surface area contributed by atoms with Crippen LogP contribution in [-0.4, -0.2) is 6.54 Å². The Morgan fingerprint density at radius 1 is 1.71 bits per heavy atom. The lowest BCUT2D eigenvalue weighted by Crippen LogP contribution is -3.00. The van der Waals surface area contributed by atoms with Crippen LogP contribution in [0.15, 0.2) is 12.7 Å². The SMILES string of the molecule is C#[N+]CC=C.Cl.[Cl-]. The monoisotopic (exact) mass is 139 g/mol. The minimum absolute atomic E-state index is 0. The topological polar surface area (TPSA) is 4.36 Å². The lowest BCUT2D eigenvalue weighted by atomic mass is 10.7. The first kappa shape index (κ1) is 15.8. The highest BCUT2D eigenvalue weighted by Gasteiger charge is 1.67. The molecule has 0 atom stereocenters. The average molecular weight is 140 g/mol. The van der Waals surface area contributed by atoms with Gasteiger partial charge in [0.15, 0.2) is 0 Å². The van der Waals surface area contributed by atoms with Crippen LogP contribution in [0.2, 0.25) is 0 Å². The Labute approximate surface area is 56.1 Å². The van der Waals surface area contributed by atoms with Gasteiger partial charge in [-0.25, -0.2) is 0 Å². The van der Waals surface area contributed by atoms with Crippen molar-refractivity contribution in [3.63, 3.8) is 0 Å². The molecule has 0 aliphatic carbocycles. The maximum absolute atomic E-state index is 4.69. The lowest BCUT2D eigenvalue weighted by molar-refractivity contribution is -0.00000124. The van der Waals surface area contributed by atoms with Crippen molar-refractivity contribution >= 4 is 12.4 Å². The summed E-state index contributed by atoms with van der Waals surface area (Å²) in [4.78, 5) is 3.24. The summed E-state index contributed by atoms with van der Waals surface area (Å²) >= 11 is 0. The van der Waals surface area contributed by atoms with Gasteiger partial charge in [0, 0.05) is 0 Å². The minimum atomic E-state index is 0. The van der Waals surface area contributed by atoms with Gasteiger partial charge in [0.1, 0.15) is 0 Å². The van der Waals surface area contributed by atoms with E-state index in [1.54, 1.807) is 6.08 Å². The fraction of sp³-hybridized carbons (Fsp3) is 0.250. The highest BCUT2D eigenvalue weighted by Crippen LogP contribution is 1.61. The van der Waals surface area contributed by atoms with Crippen molar-refractivity contribution in [1.29, 1.82) is 0 Å². The second-order valence-corrected chi connectivity index (χ2v) is 0.654. The first-order valence-electron chi connectivity index (χ1n) is 1.39. The first-order valence-corrected chi connectivity index (χ1v) is 1.39. The molecule has 0 radical (unpaired) electrons. The van der Waals surface area contributed by atoms with Crippen LogP contribution in [0.1, 0.15) is 0 Å². The summed E-state index contributed by atoms with van der Waals surface area (Å²) in [6, 6.07) is 0. The molecule has 0 saturated heterocycles. The fourth-order valence-electron chi connectivity index (χ4n) is 0.0745. The van der Waals surface area contributed by atoms with Crippen LogP contribution < -0.4 is 12.4 Å². The molecule has 0 saturated carbocycles. The van der Waals surface area contributed by atoms with Crippen molar-refractivity contribution in [2.75, 3.05) is 6.54 Å². The summed E-state index contributed by atoms with van der Waals surface area (Å²) in [6.45, 7) is 8.62. The summed E-state index contributed by atoms with van der Waals surface area (Å²) in [5.74, 6) is 0. The Morgan fingerprint density at radius 2 is 2.14 bits per heavy atom. The molecule has 0 fully saturated rings. The molecule has 0 aromatic carbocycles. The van der Waals surface area contributed by atoms with Crippen LogP contribution in [0, 0.1) is 6.57 Å². The quantitative estimate of drug-likeness (QED) is 0.393. The smallest absolute Gasteiger partial charge is 0.281 e. The van der Waals surface area contributed by atoms with Gasteiger partial charge in [-0.2, -0.15) is 0 Å². The summed E-state index contributed by atoms with van der Waals surface area (Å²) in [6.07, 6.45) is 1.64. The highest BCUT2D eigenvalue weighted by atomic mass is 35.5. The van der Waals surface area contributed by atoms with Gasteiger partial charge in [0.2, 0.25) is 0 Å². The van der Waals surface area contributed by atoms with Crippen LogP contribution in [-0.2, 0) is 0 Å². The van der Waals surface area contributed by atoms with Gasteiger partial charge in [0.05, 0.1) is 0 Å². The summed E-state index contributed by atoms with van der Waals surface area (Å²) in [7, 11) is 0. The molecule has 0 N–H and O–H groups in total. The third-order valence-electron chi connectivity index (χ3n) is 0.235. The van der Waals surface area contributed by atoms with E-state index < -0.39 is 0 Å². The van der Waals surface area contributed by atoms with Crippen LogP contribution in [0.25, 0.3) is 4.85 Å². The van der Waals surface area contributed by atoms with Gasteiger partial charge in [-0.3, -0.25) is 0 Å². The van der Waals surface area contributed by atoms with E-state index >= 15 is 0 Å². The van der Waals surface area contributed by atoms with Crippen LogP contribution in [0.5, 0.6) is 0 Å². The molecular weight excluding hydrogens is 133 g/mol. The minimum Gasteiger partial charge on any atom is -1.00 e. The molecule has 0 unspecified atom stereocenters. The Morgan fingerprint density at radius 3 is 2.14 bits per heavy atom. The predicted molar refractivity (Wildman–Crippen MR) is 30.6 cm³/mol. The van der Waals surface area contributed by atoms with E-state index in [-0.39, 0.29) is 24.8 Å². The Kier molecular flexibility index (Phi) is 38.5. The van der Waals surface area contributed by atoms with Gasteiger partial charge < -0.3 is 12.4 Å². The van der Waals surface area contributed by atoms with E-state index in [1.165, 1.54) is 0 Å². The molecule has 0 aliphatic heterocycles. The third kappa shape index (κ3) is 25.7. The average Bonchev–Trinajstić information content (AvgIpc) is 1.41. The summed E-state index contributed by atoms with van der Waals surface area (Å²) in [5, 5.41) is 0. The molecule has 7 heavy (non-hydrogen) atoms. The highest BCUT2D eigenvalue weighted by molar-refractivity contribution is 5.85. The number of rotatable bonds is 1. The van der Waals surface area contributed by atoms with Crippen molar-refractivity contribution in [1.82, 2.24) is 0 Å². The zero-order chi connectivity index (χ0) is 4.12. The predicted octanol–water partition coefficient (Wildman–Crippen LogP) is -1.44. The van der Waals surface area contributed by atoms with Crippen LogP contribution in [0.4, 0.5) is 0 Å². The maximum Gasteiger partial charge on any atom is 0.281 e. The Bertz CT molecular complexity index is 64.6. The second kappa shape index (κ2) is 17.0. The van der Waals surface area contributed by atoms with E-state index in [2.05, 4.69) is 11.4 Å². The lowest BCUT2D eigenvalue weighted by Gasteiger charge is -1.47. The normalized spacial score (nSPS) is 3.86. The van der Waals surface area contributed by atoms with E-state index in [1.807, 2.05) is 0 Å². The molecule has 0 spiro atoms. The molecule has 0 aromatic heterocycles. The maximum atomic E-state index is 4.69. The van der Waals surface area contributed by atoms with Gasteiger partial charge in [-0.1, -0.05) is 11.4 Å². The van der Waals surface area contributed by atoms with Gasteiger partial charge in [0.25, 0.3) is 13.1 Å². The molecular formula is C4H7Cl2N. The molecule has 0 amide bonds. The van der Waals surface area contributed by atoms with E-state index in [9.17, 15) is 0 Å². The zero-order valence-electron chi connectivity index (χ0n) is 3.80. The van der Waals surface area contributed by atoms with Crippen molar-refractivity contribution in [2.24, 2.45) is 0 Å². The van der Waals surface area contributed by atoms with Crippen molar-refractivity contribution in [3.05, 3.63) is 17.5 Å². The van der Waals surface area contributed by atoms with Crippen molar-refractivity contribution in [3.8, 4) is 6.57 Å². The molecule has 1 nitrogen and oxygen atoms in total. The van der Waals surface area contributed by atoms with E-state index in [0.29, 0.717) is 6.54 Å². The Balaban J connectivity index is -0.0000000800. The molecule has 0 aliphatic rings. The number of halogens is 2. The molecule has 0 bridgehead atoms. The van der Waals surface area contributed by atoms with E-state index in [0.717, 1.165) is 0 Å². The summed E-state index contributed by atoms with van der Waals surface area (Å²) < 4.78 is 0. The van der Waals surface area contributed by atoms with Crippen LogP contribution in [0.3, 0.4) is 0 Å². The largest absolute Gasteiger partial charge is 1.00 e. The molecule has 0 rings (SSSR count). The fourth-order valence-corrected chi connectivity index (χ4v) is 0.0745.